The van der Waals surface area contributed by atoms with E-state index >= 15 is 0 Å². The molecule has 0 bridgehead atoms. The van der Waals surface area contributed by atoms with E-state index in [0.29, 0.717) is 18.0 Å². The minimum atomic E-state index is -0.475. The zero-order valence-corrected chi connectivity index (χ0v) is 14.2. The van der Waals surface area contributed by atoms with Crippen molar-refractivity contribution in [2.24, 2.45) is 0 Å². The Bertz CT molecular complexity index is 797. The van der Waals surface area contributed by atoms with Crippen molar-refractivity contribution in [3.8, 4) is 6.07 Å². The first kappa shape index (κ1) is 18.5. The van der Waals surface area contributed by atoms with Crippen molar-refractivity contribution < 1.29 is 9.18 Å². The van der Waals surface area contributed by atoms with Crippen LogP contribution in [0.1, 0.15) is 11.1 Å². The summed E-state index contributed by atoms with van der Waals surface area (Å²) in [6.07, 6.45) is 2.03. The third-order valence-electron chi connectivity index (χ3n) is 3.48. The van der Waals surface area contributed by atoms with Crippen LogP contribution < -0.4 is 10.6 Å². The first-order chi connectivity index (χ1) is 12.1. The molecule has 2 aromatic rings. The van der Waals surface area contributed by atoms with Crippen LogP contribution in [0.15, 0.2) is 60.3 Å². The average molecular weight is 358 g/mol. The van der Waals surface area contributed by atoms with Crippen LogP contribution in [-0.4, -0.2) is 12.5 Å². The van der Waals surface area contributed by atoms with Crippen molar-refractivity contribution in [3.05, 3.63) is 82.3 Å². The molecule has 0 atom stereocenters. The van der Waals surface area contributed by atoms with Gasteiger partial charge in [0, 0.05) is 24.3 Å². The van der Waals surface area contributed by atoms with Crippen LogP contribution in [0.25, 0.3) is 0 Å². The molecule has 4 nitrogen and oxygen atoms in total. The molecule has 0 aliphatic rings. The Hall–Kier alpha value is -2.84. The predicted molar refractivity (Wildman–Crippen MR) is 95.1 cm³/mol. The molecule has 0 saturated carbocycles. The normalized spacial score (nSPS) is 10.8. The van der Waals surface area contributed by atoms with Gasteiger partial charge in [-0.1, -0.05) is 41.9 Å². The summed E-state index contributed by atoms with van der Waals surface area (Å²) in [4.78, 5) is 12.0. The number of hydrogen-bond acceptors (Lipinski definition) is 3. The molecule has 25 heavy (non-hydrogen) atoms. The summed E-state index contributed by atoms with van der Waals surface area (Å²) in [6.45, 7) is 0.766. The number of carbonyl (C=O) groups excluding carboxylic acids is 1. The predicted octanol–water partition coefficient (Wildman–Crippen LogP) is 3.34. The van der Waals surface area contributed by atoms with Crippen LogP contribution >= 0.6 is 11.6 Å². The van der Waals surface area contributed by atoms with E-state index in [1.807, 2.05) is 12.1 Å². The van der Waals surface area contributed by atoms with Crippen molar-refractivity contribution in [1.82, 2.24) is 10.6 Å². The first-order valence-electron chi connectivity index (χ1n) is 7.70. The van der Waals surface area contributed by atoms with Gasteiger partial charge in [0.1, 0.15) is 17.5 Å². The highest BCUT2D eigenvalue weighted by Gasteiger charge is 2.09. The fourth-order valence-electron chi connectivity index (χ4n) is 2.10. The third kappa shape index (κ3) is 5.94. The SMILES string of the molecule is N#C/C(=C/NCCc1ccc(F)cc1)C(=O)NCc1ccccc1Cl. The molecular formula is C19H17ClFN3O. The Kier molecular flexibility index (Phi) is 7.00. The van der Waals surface area contributed by atoms with E-state index in [0.717, 1.165) is 11.1 Å². The lowest BCUT2D eigenvalue weighted by molar-refractivity contribution is -0.117. The highest BCUT2D eigenvalue weighted by atomic mass is 35.5. The molecule has 0 unspecified atom stereocenters. The Morgan fingerprint density at radius 1 is 1.20 bits per heavy atom. The molecule has 0 radical (unpaired) electrons. The topological polar surface area (TPSA) is 64.9 Å². The number of nitriles is 1. The van der Waals surface area contributed by atoms with Crippen molar-refractivity contribution in [1.29, 1.82) is 5.26 Å². The van der Waals surface area contributed by atoms with Crippen molar-refractivity contribution in [2.75, 3.05) is 6.54 Å². The van der Waals surface area contributed by atoms with Crippen LogP contribution in [0, 0.1) is 17.1 Å². The Morgan fingerprint density at radius 3 is 2.60 bits per heavy atom. The molecule has 128 valence electrons. The molecular weight excluding hydrogens is 341 g/mol. The maximum atomic E-state index is 12.8. The second-order valence-corrected chi connectivity index (χ2v) is 5.68. The molecule has 0 aliphatic carbocycles. The average Bonchev–Trinajstić information content (AvgIpc) is 2.62. The lowest BCUT2D eigenvalue weighted by atomic mass is 10.1. The largest absolute Gasteiger partial charge is 0.389 e. The third-order valence-corrected chi connectivity index (χ3v) is 3.85. The van der Waals surface area contributed by atoms with Gasteiger partial charge in [0.2, 0.25) is 0 Å². The fraction of sp³-hybridized carbons (Fsp3) is 0.158. The van der Waals surface area contributed by atoms with E-state index < -0.39 is 5.91 Å². The molecule has 0 aromatic heterocycles. The summed E-state index contributed by atoms with van der Waals surface area (Å²) in [6, 6.07) is 15.2. The molecule has 2 aromatic carbocycles. The van der Waals surface area contributed by atoms with Crippen LogP contribution in [0.4, 0.5) is 4.39 Å². The lowest BCUT2D eigenvalue weighted by Gasteiger charge is -2.07. The number of nitrogens with zero attached hydrogens (tertiary/aromatic N) is 1. The number of halogens is 2. The van der Waals surface area contributed by atoms with Crippen LogP contribution in [0.2, 0.25) is 5.02 Å². The summed E-state index contributed by atoms with van der Waals surface area (Å²) in [5.74, 6) is -0.754. The lowest BCUT2D eigenvalue weighted by Crippen LogP contribution is -2.25. The van der Waals surface area contributed by atoms with E-state index in [2.05, 4.69) is 10.6 Å². The number of benzene rings is 2. The minimum Gasteiger partial charge on any atom is -0.389 e. The molecule has 6 heteroatoms. The van der Waals surface area contributed by atoms with Crippen LogP contribution in [0.5, 0.6) is 0 Å². The van der Waals surface area contributed by atoms with Gasteiger partial charge in [0.05, 0.1) is 0 Å². The summed E-state index contributed by atoms with van der Waals surface area (Å²) < 4.78 is 12.8. The zero-order chi connectivity index (χ0) is 18.1. The highest BCUT2D eigenvalue weighted by molar-refractivity contribution is 6.31. The fourth-order valence-corrected chi connectivity index (χ4v) is 2.31. The van der Waals surface area contributed by atoms with E-state index in [1.165, 1.54) is 18.3 Å². The Morgan fingerprint density at radius 2 is 1.92 bits per heavy atom. The van der Waals surface area contributed by atoms with E-state index in [-0.39, 0.29) is 17.9 Å². The van der Waals surface area contributed by atoms with Gasteiger partial charge < -0.3 is 10.6 Å². The summed E-state index contributed by atoms with van der Waals surface area (Å²) >= 11 is 6.02. The van der Waals surface area contributed by atoms with Gasteiger partial charge in [-0.05, 0) is 35.7 Å². The monoisotopic (exact) mass is 357 g/mol. The second kappa shape index (κ2) is 9.45. The number of hydrogen-bond donors (Lipinski definition) is 2. The van der Waals surface area contributed by atoms with Gasteiger partial charge in [-0.25, -0.2) is 4.39 Å². The maximum absolute atomic E-state index is 12.8. The molecule has 2 rings (SSSR count). The number of carbonyl (C=O) groups is 1. The van der Waals surface area contributed by atoms with Crippen molar-refractivity contribution in [2.45, 2.75) is 13.0 Å². The molecule has 0 fully saturated rings. The number of rotatable bonds is 7. The van der Waals surface area contributed by atoms with Gasteiger partial charge in [-0.2, -0.15) is 5.26 Å². The van der Waals surface area contributed by atoms with Gasteiger partial charge in [-0.15, -0.1) is 0 Å². The highest BCUT2D eigenvalue weighted by Crippen LogP contribution is 2.14. The smallest absolute Gasteiger partial charge is 0.263 e. The first-order valence-corrected chi connectivity index (χ1v) is 8.07. The molecule has 0 spiro atoms. The molecule has 0 saturated heterocycles. The number of nitrogens with one attached hydrogen (secondary N) is 2. The second-order valence-electron chi connectivity index (χ2n) is 5.27. The molecule has 1 amide bonds. The standard InChI is InChI=1S/C19H17ClFN3O/c20-18-4-2-1-3-15(18)13-24-19(25)16(11-22)12-23-10-9-14-5-7-17(21)8-6-14/h1-8,12,23H,9-10,13H2,(H,24,25)/b16-12-. The van der Waals surface area contributed by atoms with Crippen molar-refractivity contribution >= 4 is 17.5 Å². The van der Waals surface area contributed by atoms with Gasteiger partial charge in [0.25, 0.3) is 5.91 Å². The number of amides is 1. The Labute approximate surface area is 150 Å². The van der Waals surface area contributed by atoms with Gasteiger partial charge in [0.15, 0.2) is 0 Å². The minimum absolute atomic E-state index is 0.0221. The van der Waals surface area contributed by atoms with E-state index in [4.69, 9.17) is 16.9 Å². The van der Waals surface area contributed by atoms with Crippen LogP contribution in [-0.2, 0) is 17.8 Å². The summed E-state index contributed by atoms with van der Waals surface area (Å²) in [7, 11) is 0. The van der Waals surface area contributed by atoms with Gasteiger partial charge in [-0.3, -0.25) is 4.79 Å². The van der Waals surface area contributed by atoms with Gasteiger partial charge >= 0.3 is 0 Å². The quantitative estimate of drug-likeness (QED) is 0.454. The van der Waals surface area contributed by atoms with E-state index in [1.54, 1.807) is 30.3 Å². The molecule has 0 aliphatic heterocycles. The van der Waals surface area contributed by atoms with E-state index in [9.17, 15) is 9.18 Å². The van der Waals surface area contributed by atoms with Crippen molar-refractivity contribution in [3.63, 3.8) is 0 Å². The molecule has 2 N–H and O–H groups in total. The summed E-state index contributed by atoms with van der Waals surface area (Å²) in [5.41, 5.74) is 1.72. The van der Waals surface area contributed by atoms with Crippen LogP contribution in [0.3, 0.4) is 0 Å². The maximum Gasteiger partial charge on any atom is 0.263 e. The molecule has 0 heterocycles. The summed E-state index contributed by atoms with van der Waals surface area (Å²) in [5, 5.41) is 15.3. The Balaban J connectivity index is 1.82. The zero-order valence-electron chi connectivity index (χ0n) is 13.4.